The molecule has 7 heteroatoms. The van der Waals surface area contributed by atoms with Crippen LogP contribution in [0.15, 0.2) is 18.5 Å². The number of aromatic nitrogens is 3. The largest absolute Gasteiger partial charge is 0.434 e. The zero-order valence-electron chi connectivity index (χ0n) is 10.1. The molecule has 1 N–H and O–H groups in total. The van der Waals surface area contributed by atoms with E-state index in [4.69, 9.17) is 0 Å². The van der Waals surface area contributed by atoms with Crippen molar-refractivity contribution in [1.29, 1.82) is 0 Å². The maximum Gasteiger partial charge on any atom is 0.434 e. The van der Waals surface area contributed by atoms with Gasteiger partial charge < -0.3 is 5.32 Å². The van der Waals surface area contributed by atoms with Gasteiger partial charge in [-0.05, 0) is 25.5 Å². The molecule has 0 aromatic carbocycles. The lowest BCUT2D eigenvalue weighted by molar-refractivity contribution is -0.140. The number of piperidine rings is 1. The van der Waals surface area contributed by atoms with E-state index < -0.39 is 11.9 Å². The first kappa shape index (κ1) is 12.4. The average molecular weight is 270 g/mol. The predicted molar refractivity (Wildman–Crippen MR) is 62.8 cm³/mol. The monoisotopic (exact) mass is 270 g/mol. The molecule has 0 bridgehead atoms. The second-order valence-electron chi connectivity index (χ2n) is 4.71. The summed E-state index contributed by atoms with van der Waals surface area (Å²) in [5.41, 5.74) is -0.0589. The topological polar surface area (TPSA) is 42.2 Å². The lowest BCUT2D eigenvalue weighted by Crippen LogP contribution is -2.29. The summed E-state index contributed by atoms with van der Waals surface area (Å²) in [6, 6.07) is 1.77. The van der Waals surface area contributed by atoms with E-state index in [-0.39, 0.29) is 11.7 Å². The number of nitrogens with one attached hydrogen (secondary N) is 1. The van der Waals surface area contributed by atoms with Crippen molar-refractivity contribution in [3.63, 3.8) is 0 Å². The summed E-state index contributed by atoms with van der Waals surface area (Å²) in [6.07, 6.45) is 0.107. The molecular formula is C12H13F3N4. The Balaban J connectivity index is 2.07. The van der Waals surface area contributed by atoms with Gasteiger partial charge in [-0.1, -0.05) is 0 Å². The Hall–Kier alpha value is -1.63. The van der Waals surface area contributed by atoms with Gasteiger partial charge in [0, 0.05) is 30.6 Å². The quantitative estimate of drug-likeness (QED) is 0.864. The van der Waals surface area contributed by atoms with E-state index in [1.165, 1.54) is 10.6 Å². The Kier molecular flexibility index (Phi) is 2.93. The third-order valence-corrected chi connectivity index (χ3v) is 3.41. The molecule has 2 aromatic rings. The smallest absolute Gasteiger partial charge is 0.316 e. The van der Waals surface area contributed by atoms with Crippen molar-refractivity contribution in [2.24, 2.45) is 0 Å². The van der Waals surface area contributed by atoms with Gasteiger partial charge in [-0.25, -0.2) is 9.97 Å². The number of hydrogen-bond acceptors (Lipinski definition) is 3. The molecule has 19 heavy (non-hydrogen) atoms. The van der Waals surface area contributed by atoms with Crippen LogP contribution in [0.3, 0.4) is 0 Å². The van der Waals surface area contributed by atoms with Crippen LogP contribution in [0.2, 0.25) is 0 Å². The highest BCUT2D eigenvalue weighted by atomic mass is 19.4. The van der Waals surface area contributed by atoms with Gasteiger partial charge in [0.15, 0.2) is 5.69 Å². The van der Waals surface area contributed by atoms with Gasteiger partial charge in [-0.3, -0.25) is 4.40 Å². The van der Waals surface area contributed by atoms with Crippen LogP contribution < -0.4 is 5.32 Å². The number of nitrogens with zero attached hydrogens (tertiary/aromatic N) is 3. The first-order valence-electron chi connectivity index (χ1n) is 6.17. The first-order valence-corrected chi connectivity index (χ1v) is 6.17. The third kappa shape index (κ3) is 2.30. The second kappa shape index (κ2) is 4.48. The molecule has 1 atom stereocenters. The Morgan fingerprint density at radius 3 is 2.89 bits per heavy atom. The molecule has 1 aliphatic heterocycles. The van der Waals surface area contributed by atoms with Crippen LogP contribution in [0.25, 0.3) is 5.78 Å². The average Bonchev–Trinajstić information content (AvgIpc) is 2.83. The fourth-order valence-corrected chi connectivity index (χ4v) is 2.49. The maximum atomic E-state index is 12.7. The molecule has 0 saturated carbocycles. The van der Waals surface area contributed by atoms with E-state index in [0.29, 0.717) is 0 Å². The highest BCUT2D eigenvalue weighted by Gasteiger charge is 2.34. The van der Waals surface area contributed by atoms with Crippen molar-refractivity contribution in [2.45, 2.75) is 24.9 Å². The van der Waals surface area contributed by atoms with Gasteiger partial charge in [0.05, 0.1) is 0 Å². The number of rotatable bonds is 1. The number of imidazole rings is 1. The predicted octanol–water partition coefficient (Wildman–Crippen LogP) is 2.22. The number of alkyl halides is 3. The second-order valence-corrected chi connectivity index (χ2v) is 4.71. The Bertz CT molecular complexity index is 584. The van der Waals surface area contributed by atoms with E-state index in [1.54, 1.807) is 6.07 Å². The van der Waals surface area contributed by atoms with Crippen molar-refractivity contribution in [2.75, 3.05) is 13.1 Å². The van der Waals surface area contributed by atoms with Gasteiger partial charge in [-0.15, -0.1) is 0 Å². The zero-order valence-corrected chi connectivity index (χ0v) is 10.1. The summed E-state index contributed by atoms with van der Waals surface area (Å²) in [4.78, 5) is 7.45. The Morgan fingerprint density at radius 2 is 2.21 bits per heavy atom. The van der Waals surface area contributed by atoms with Crippen LogP contribution in [0.4, 0.5) is 13.2 Å². The van der Waals surface area contributed by atoms with Crippen molar-refractivity contribution >= 4 is 5.78 Å². The highest BCUT2D eigenvalue weighted by molar-refractivity contribution is 5.35. The summed E-state index contributed by atoms with van der Waals surface area (Å²) in [6.45, 7) is 1.74. The van der Waals surface area contributed by atoms with E-state index in [1.807, 2.05) is 0 Å². The molecule has 0 amide bonds. The van der Waals surface area contributed by atoms with Gasteiger partial charge in [0.1, 0.15) is 0 Å². The normalized spacial score (nSPS) is 20.9. The summed E-state index contributed by atoms with van der Waals surface area (Å²) in [5.74, 6) is 0.310. The first-order chi connectivity index (χ1) is 9.05. The third-order valence-electron chi connectivity index (χ3n) is 3.41. The number of fused-ring (bicyclic) bond motifs is 1. The van der Waals surface area contributed by atoms with Crippen LogP contribution in [0.5, 0.6) is 0 Å². The van der Waals surface area contributed by atoms with E-state index in [2.05, 4.69) is 15.3 Å². The lowest BCUT2D eigenvalue weighted by Gasteiger charge is -2.23. The highest BCUT2D eigenvalue weighted by Crippen LogP contribution is 2.30. The Labute approximate surface area is 107 Å². The van der Waals surface area contributed by atoms with E-state index in [9.17, 15) is 13.2 Å². The Morgan fingerprint density at radius 1 is 1.37 bits per heavy atom. The maximum absolute atomic E-state index is 12.7. The van der Waals surface area contributed by atoms with E-state index in [0.717, 1.165) is 37.8 Å². The van der Waals surface area contributed by atoms with Gasteiger partial charge in [0.2, 0.25) is 5.78 Å². The van der Waals surface area contributed by atoms with Crippen LogP contribution in [0.1, 0.15) is 30.1 Å². The summed E-state index contributed by atoms with van der Waals surface area (Å²) in [5, 5.41) is 3.26. The van der Waals surface area contributed by atoms with Gasteiger partial charge in [0.25, 0.3) is 0 Å². The fraction of sp³-hybridized carbons (Fsp3) is 0.500. The fourth-order valence-electron chi connectivity index (χ4n) is 2.49. The van der Waals surface area contributed by atoms with Gasteiger partial charge in [-0.2, -0.15) is 13.2 Å². The summed E-state index contributed by atoms with van der Waals surface area (Å²) in [7, 11) is 0. The molecule has 102 valence electrons. The molecule has 0 aliphatic carbocycles. The number of hydrogen-bond donors (Lipinski definition) is 1. The molecular weight excluding hydrogens is 257 g/mol. The molecule has 0 radical (unpaired) electrons. The SMILES string of the molecule is FC(F)(F)c1cn2c(C3CCCNC3)ccnc2n1. The molecule has 1 unspecified atom stereocenters. The minimum absolute atomic E-state index is 0.107. The summed E-state index contributed by atoms with van der Waals surface area (Å²) < 4.78 is 39.5. The van der Waals surface area contributed by atoms with Crippen LogP contribution in [0, 0.1) is 0 Å². The van der Waals surface area contributed by atoms with Crippen molar-refractivity contribution in [3.8, 4) is 0 Å². The molecule has 1 saturated heterocycles. The van der Waals surface area contributed by atoms with E-state index >= 15 is 0 Å². The van der Waals surface area contributed by atoms with Crippen molar-refractivity contribution in [3.05, 3.63) is 29.8 Å². The lowest BCUT2D eigenvalue weighted by atomic mass is 9.96. The van der Waals surface area contributed by atoms with Crippen LogP contribution in [-0.2, 0) is 6.18 Å². The zero-order chi connectivity index (χ0) is 13.5. The van der Waals surface area contributed by atoms with Crippen molar-refractivity contribution in [1.82, 2.24) is 19.7 Å². The standard InChI is InChI=1S/C12H13F3N4/c13-12(14,15)10-7-19-9(3-5-17-11(19)18-10)8-2-1-4-16-6-8/h3,5,7-8,16H,1-2,4,6H2. The number of halogens is 3. The van der Waals surface area contributed by atoms with Crippen molar-refractivity contribution < 1.29 is 13.2 Å². The van der Waals surface area contributed by atoms with Crippen LogP contribution in [-0.4, -0.2) is 27.5 Å². The molecule has 1 aliphatic rings. The van der Waals surface area contributed by atoms with Gasteiger partial charge >= 0.3 is 6.18 Å². The molecule has 0 spiro atoms. The molecule has 3 rings (SSSR count). The molecule has 3 heterocycles. The summed E-state index contributed by atoms with van der Waals surface area (Å²) >= 11 is 0. The molecule has 4 nitrogen and oxygen atoms in total. The molecule has 1 fully saturated rings. The minimum atomic E-state index is -4.43. The molecule has 2 aromatic heterocycles. The minimum Gasteiger partial charge on any atom is -0.316 e. The van der Waals surface area contributed by atoms with Crippen LogP contribution >= 0.6 is 0 Å².